The van der Waals surface area contributed by atoms with Gasteiger partial charge in [0.2, 0.25) is 0 Å². The van der Waals surface area contributed by atoms with Crippen LogP contribution in [-0.4, -0.2) is 5.91 Å². The molecule has 1 N–H and O–H groups in total. The van der Waals surface area contributed by atoms with E-state index in [2.05, 4.69) is 60.2 Å². The third-order valence-electron chi connectivity index (χ3n) is 3.75. The van der Waals surface area contributed by atoms with Gasteiger partial charge < -0.3 is 5.32 Å². The molecule has 0 radical (unpaired) electrons. The molecule has 3 heteroatoms. The van der Waals surface area contributed by atoms with Gasteiger partial charge in [-0.1, -0.05) is 41.1 Å². The summed E-state index contributed by atoms with van der Waals surface area (Å²) in [5.74, 6) is -0.0346. The molecule has 0 heterocycles. The van der Waals surface area contributed by atoms with Gasteiger partial charge in [0.1, 0.15) is 0 Å². The first-order valence-corrected chi connectivity index (χ1v) is 7.94. The highest BCUT2D eigenvalue weighted by atomic mass is 79.9. The van der Waals surface area contributed by atoms with Crippen LogP contribution < -0.4 is 5.32 Å². The Kier molecular flexibility index (Phi) is 5.18. The smallest absolute Gasteiger partial charge is 0.251 e. The third kappa shape index (κ3) is 3.94. The lowest BCUT2D eigenvalue weighted by molar-refractivity contribution is 0.0935. The van der Waals surface area contributed by atoms with Crippen molar-refractivity contribution in [3.05, 3.63) is 69.2 Å². The van der Waals surface area contributed by atoms with E-state index in [-0.39, 0.29) is 11.9 Å². The van der Waals surface area contributed by atoms with Crippen molar-refractivity contribution in [1.82, 2.24) is 5.32 Å². The maximum absolute atomic E-state index is 12.3. The SMILES string of the molecule is CCC(NC(=O)c1ccc(Br)cc1)c1ccc(C)c(C)c1. The third-order valence-corrected chi connectivity index (χ3v) is 4.28. The van der Waals surface area contributed by atoms with Crippen LogP contribution in [0, 0.1) is 13.8 Å². The van der Waals surface area contributed by atoms with Crippen molar-refractivity contribution in [3.8, 4) is 0 Å². The standard InChI is InChI=1S/C18H20BrNO/c1-4-17(15-6-5-12(2)13(3)11-15)20-18(21)14-7-9-16(19)10-8-14/h5-11,17H,4H2,1-3H3,(H,20,21). The first-order chi connectivity index (χ1) is 10.0. The fourth-order valence-corrected chi connectivity index (χ4v) is 2.51. The molecule has 1 unspecified atom stereocenters. The van der Waals surface area contributed by atoms with Gasteiger partial charge in [0.05, 0.1) is 6.04 Å². The number of amides is 1. The van der Waals surface area contributed by atoms with Gasteiger partial charge in [-0.25, -0.2) is 0 Å². The molecule has 110 valence electrons. The predicted octanol–water partition coefficient (Wildman–Crippen LogP) is 4.95. The lowest BCUT2D eigenvalue weighted by Gasteiger charge is -2.18. The number of benzene rings is 2. The second-order valence-electron chi connectivity index (χ2n) is 5.28. The average molecular weight is 346 g/mol. The molecule has 0 saturated carbocycles. The molecule has 0 spiro atoms. The van der Waals surface area contributed by atoms with Crippen LogP contribution in [0.5, 0.6) is 0 Å². The van der Waals surface area contributed by atoms with E-state index in [1.54, 1.807) is 0 Å². The quantitative estimate of drug-likeness (QED) is 0.834. The summed E-state index contributed by atoms with van der Waals surface area (Å²) in [6.45, 7) is 6.28. The van der Waals surface area contributed by atoms with Crippen LogP contribution >= 0.6 is 15.9 Å². The van der Waals surface area contributed by atoms with Gasteiger partial charge in [-0.15, -0.1) is 0 Å². The Labute approximate surface area is 134 Å². The Balaban J connectivity index is 2.16. The van der Waals surface area contributed by atoms with Crippen LogP contribution in [0.1, 0.15) is 46.4 Å². The fourth-order valence-electron chi connectivity index (χ4n) is 2.25. The van der Waals surface area contributed by atoms with E-state index in [1.807, 2.05) is 24.3 Å². The molecule has 0 aliphatic heterocycles. The van der Waals surface area contributed by atoms with Gasteiger partial charge >= 0.3 is 0 Å². The zero-order valence-corrected chi connectivity index (χ0v) is 14.2. The lowest BCUT2D eigenvalue weighted by Crippen LogP contribution is -2.28. The van der Waals surface area contributed by atoms with Gasteiger partial charge in [0, 0.05) is 10.0 Å². The number of carbonyl (C=O) groups excluding carboxylic acids is 1. The van der Waals surface area contributed by atoms with Crippen molar-refractivity contribution in [2.24, 2.45) is 0 Å². The molecule has 0 aliphatic rings. The predicted molar refractivity (Wildman–Crippen MR) is 90.6 cm³/mol. The molecule has 1 amide bonds. The molecule has 0 bridgehead atoms. The highest BCUT2D eigenvalue weighted by Gasteiger charge is 2.14. The fraction of sp³-hybridized carbons (Fsp3) is 0.278. The van der Waals surface area contributed by atoms with E-state index in [0.29, 0.717) is 5.56 Å². The van der Waals surface area contributed by atoms with Crippen LogP contribution in [0.2, 0.25) is 0 Å². The maximum atomic E-state index is 12.3. The van der Waals surface area contributed by atoms with Crippen LogP contribution in [0.3, 0.4) is 0 Å². The van der Waals surface area contributed by atoms with Crippen molar-refractivity contribution in [2.75, 3.05) is 0 Å². The maximum Gasteiger partial charge on any atom is 0.251 e. The minimum Gasteiger partial charge on any atom is -0.345 e. The number of carbonyl (C=O) groups is 1. The van der Waals surface area contributed by atoms with Gasteiger partial charge in [-0.05, 0) is 61.2 Å². The summed E-state index contributed by atoms with van der Waals surface area (Å²) in [7, 11) is 0. The second kappa shape index (κ2) is 6.90. The highest BCUT2D eigenvalue weighted by molar-refractivity contribution is 9.10. The minimum absolute atomic E-state index is 0.0346. The number of nitrogens with one attached hydrogen (secondary N) is 1. The number of rotatable bonds is 4. The summed E-state index contributed by atoms with van der Waals surface area (Å²) >= 11 is 3.38. The van der Waals surface area contributed by atoms with E-state index < -0.39 is 0 Å². The first kappa shape index (κ1) is 15.8. The number of hydrogen-bond acceptors (Lipinski definition) is 1. The zero-order valence-electron chi connectivity index (χ0n) is 12.6. The summed E-state index contributed by atoms with van der Waals surface area (Å²) in [5, 5.41) is 3.11. The average Bonchev–Trinajstić information content (AvgIpc) is 2.48. The van der Waals surface area contributed by atoms with Crippen LogP contribution in [0.25, 0.3) is 0 Å². The lowest BCUT2D eigenvalue weighted by atomic mass is 9.99. The number of aryl methyl sites for hydroxylation is 2. The van der Waals surface area contributed by atoms with E-state index in [1.165, 1.54) is 11.1 Å². The largest absolute Gasteiger partial charge is 0.345 e. The molecule has 2 nitrogen and oxygen atoms in total. The van der Waals surface area contributed by atoms with E-state index >= 15 is 0 Å². The van der Waals surface area contributed by atoms with Crippen molar-refractivity contribution in [3.63, 3.8) is 0 Å². The van der Waals surface area contributed by atoms with Gasteiger partial charge in [-0.3, -0.25) is 4.79 Å². The topological polar surface area (TPSA) is 29.1 Å². The van der Waals surface area contributed by atoms with Gasteiger partial charge in [-0.2, -0.15) is 0 Å². The first-order valence-electron chi connectivity index (χ1n) is 7.15. The Bertz CT molecular complexity index is 634. The van der Waals surface area contributed by atoms with Gasteiger partial charge in [0.15, 0.2) is 0 Å². The van der Waals surface area contributed by atoms with Crippen LogP contribution in [0.4, 0.5) is 0 Å². The van der Waals surface area contributed by atoms with Crippen LogP contribution in [-0.2, 0) is 0 Å². The number of hydrogen-bond donors (Lipinski definition) is 1. The number of halogens is 1. The van der Waals surface area contributed by atoms with Crippen molar-refractivity contribution < 1.29 is 4.79 Å². The summed E-state index contributed by atoms with van der Waals surface area (Å²) in [5.41, 5.74) is 4.36. The minimum atomic E-state index is -0.0346. The summed E-state index contributed by atoms with van der Waals surface area (Å²) in [6.07, 6.45) is 0.866. The second-order valence-corrected chi connectivity index (χ2v) is 6.20. The molecule has 2 aromatic carbocycles. The Morgan fingerprint density at radius 2 is 1.76 bits per heavy atom. The molecule has 1 atom stereocenters. The van der Waals surface area contributed by atoms with Gasteiger partial charge in [0.25, 0.3) is 5.91 Å². The molecule has 2 aromatic rings. The molecule has 0 saturated heterocycles. The van der Waals surface area contributed by atoms with Crippen molar-refractivity contribution in [1.29, 1.82) is 0 Å². The molecule has 0 aliphatic carbocycles. The zero-order chi connectivity index (χ0) is 15.4. The molecular weight excluding hydrogens is 326 g/mol. The van der Waals surface area contributed by atoms with E-state index in [0.717, 1.165) is 16.5 Å². The molecule has 0 aromatic heterocycles. The molecule has 0 fully saturated rings. The molecular formula is C18H20BrNO. The van der Waals surface area contributed by atoms with Crippen LogP contribution in [0.15, 0.2) is 46.9 Å². The van der Waals surface area contributed by atoms with E-state index in [9.17, 15) is 4.79 Å². The monoisotopic (exact) mass is 345 g/mol. The highest BCUT2D eigenvalue weighted by Crippen LogP contribution is 2.20. The van der Waals surface area contributed by atoms with Crippen molar-refractivity contribution >= 4 is 21.8 Å². The Morgan fingerprint density at radius 3 is 2.33 bits per heavy atom. The molecule has 21 heavy (non-hydrogen) atoms. The molecule has 2 rings (SSSR count). The Morgan fingerprint density at radius 1 is 1.10 bits per heavy atom. The summed E-state index contributed by atoms with van der Waals surface area (Å²) in [6, 6.07) is 13.8. The van der Waals surface area contributed by atoms with E-state index in [4.69, 9.17) is 0 Å². The summed E-state index contributed by atoms with van der Waals surface area (Å²) < 4.78 is 0.972. The Hall–Kier alpha value is -1.61. The summed E-state index contributed by atoms with van der Waals surface area (Å²) in [4.78, 5) is 12.3. The normalized spacial score (nSPS) is 12.0. The van der Waals surface area contributed by atoms with Crippen molar-refractivity contribution in [2.45, 2.75) is 33.2 Å².